The maximum atomic E-state index is 14.3. The molecule has 2 aliphatic carbocycles. The Bertz CT molecular complexity index is 1360. The number of halogens is 4. The van der Waals surface area contributed by atoms with E-state index in [0.29, 0.717) is 50.1 Å². The van der Waals surface area contributed by atoms with Gasteiger partial charge in [-0.15, -0.1) is 0 Å². The molecule has 4 aliphatic rings. The lowest BCUT2D eigenvalue weighted by atomic mass is 9.76. The first-order valence-electron chi connectivity index (χ1n) is 13.6. The molecule has 8 nitrogen and oxygen atoms in total. The largest absolute Gasteiger partial charge is 0.479 e. The number of hydrogen-bond acceptors (Lipinski definition) is 6. The Morgan fingerprint density at radius 3 is 2.62 bits per heavy atom. The number of hydrogen-bond donors (Lipinski definition) is 2. The monoisotopic (exact) mass is 562 g/mol. The molecular weight excluding hydrogens is 532 g/mol. The van der Waals surface area contributed by atoms with Crippen LogP contribution < -0.4 is 10.2 Å². The Kier molecular flexibility index (Phi) is 6.32. The lowest BCUT2D eigenvalue weighted by molar-refractivity contribution is -0.146. The normalized spacial score (nSPS) is 28.9. The number of nitrogens with zero attached hydrogens (tertiary/aromatic N) is 3. The summed E-state index contributed by atoms with van der Waals surface area (Å²) in [5.74, 6) is -3.13. The maximum absolute atomic E-state index is 14.3. The second-order valence-electron chi connectivity index (χ2n) is 11.9. The molecule has 0 radical (unpaired) electrons. The number of carbonyl (C=O) groups is 2. The number of alkyl halides is 3. The van der Waals surface area contributed by atoms with Crippen molar-refractivity contribution in [2.24, 2.45) is 17.8 Å². The van der Waals surface area contributed by atoms with Crippen molar-refractivity contribution in [1.82, 2.24) is 15.3 Å². The number of nitrogens with one attached hydrogen (secondary N) is 1. The lowest BCUT2D eigenvalue weighted by Gasteiger charge is -2.34. The zero-order valence-electron chi connectivity index (χ0n) is 21.9. The fourth-order valence-electron chi connectivity index (χ4n) is 7.57. The molecule has 4 atom stereocenters. The van der Waals surface area contributed by atoms with Crippen molar-refractivity contribution in [1.29, 1.82) is 0 Å². The molecular formula is C28H30F4N4O4. The molecule has 4 unspecified atom stereocenters. The molecule has 2 bridgehead atoms. The van der Waals surface area contributed by atoms with Gasteiger partial charge in [0.2, 0.25) is 5.95 Å². The van der Waals surface area contributed by atoms with Gasteiger partial charge in [-0.1, -0.05) is 6.92 Å². The zero-order valence-corrected chi connectivity index (χ0v) is 21.9. The van der Waals surface area contributed by atoms with E-state index in [1.54, 1.807) is 0 Å². The van der Waals surface area contributed by atoms with Crippen LogP contribution in [-0.2, 0) is 21.1 Å². The number of rotatable bonds is 4. The van der Waals surface area contributed by atoms with E-state index in [4.69, 9.17) is 4.74 Å². The zero-order chi connectivity index (χ0) is 28.4. The predicted molar refractivity (Wildman–Crippen MR) is 135 cm³/mol. The van der Waals surface area contributed by atoms with Gasteiger partial charge >= 0.3 is 12.1 Å². The van der Waals surface area contributed by atoms with Crippen LogP contribution in [0.2, 0.25) is 0 Å². The van der Waals surface area contributed by atoms with E-state index < -0.39 is 46.1 Å². The molecule has 6 rings (SSSR count). The van der Waals surface area contributed by atoms with E-state index in [1.807, 2.05) is 6.92 Å². The van der Waals surface area contributed by atoms with Crippen LogP contribution in [0.15, 0.2) is 24.4 Å². The van der Waals surface area contributed by atoms with Crippen LogP contribution in [0.5, 0.6) is 0 Å². The lowest BCUT2D eigenvalue weighted by Crippen LogP contribution is -2.57. The van der Waals surface area contributed by atoms with Crippen molar-refractivity contribution in [2.45, 2.75) is 62.6 Å². The number of fused-ring (bicyclic) bond motifs is 4. The molecule has 3 heterocycles. The van der Waals surface area contributed by atoms with Gasteiger partial charge in [0.25, 0.3) is 5.91 Å². The Hall–Kier alpha value is -3.28. The number of carbonyl (C=O) groups excluding carboxylic acids is 1. The minimum Gasteiger partial charge on any atom is -0.479 e. The first-order valence-corrected chi connectivity index (χ1v) is 13.6. The number of benzene rings is 1. The maximum Gasteiger partial charge on any atom is 0.434 e. The van der Waals surface area contributed by atoms with Crippen molar-refractivity contribution < 1.29 is 37.0 Å². The average molecular weight is 563 g/mol. The molecule has 3 fully saturated rings. The molecule has 2 N–H and O–H groups in total. The Morgan fingerprint density at radius 1 is 1.18 bits per heavy atom. The summed E-state index contributed by atoms with van der Waals surface area (Å²) in [5, 5.41) is 12.6. The highest BCUT2D eigenvalue weighted by Gasteiger charge is 2.56. The molecule has 1 saturated heterocycles. The van der Waals surface area contributed by atoms with Gasteiger partial charge in [-0.3, -0.25) is 4.79 Å². The number of carboxylic acids is 1. The molecule has 214 valence electrons. The SMILES string of the molecule is CC1CC2CC(C1)C(NC(=O)c1cnc(N3CC4(CCOCC4)c4cc(F)ccc43)nc1C(F)(F)F)(C(=O)O)C2. The van der Waals surface area contributed by atoms with Crippen LogP contribution in [0.25, 0.3) is 0 Å². The van der Waals surface area contributed by atoms with Gasteiger partial charge < -0.3 is 20.1 Å². The molecule has 1 aromatic heterocycles. The predicted octanol–water partition coefficient (Wildman–Crippen LogP) is 4.84. The third-order valence-corrected chi connectivity index (χ3v) is 9.33. The molecule has 1 aromatic carbocycles. The Morgan fingerprint density at radius 2 is 1.93 bits per heavy atom. The summed E-state index contributed by atoms with van der Waals surface area (Å²) < 4.78 is 62.7. The van der Waals surface area contributed by atoms with Crippen molar-refractivity contribution in [2.75, 3.05) is 24.7 Å². The first kappa shape index (κ1) is 26.9. The van der Waals surface area contributed by atoms with E-state index in [-0.39, 0.29) is 36.7 Å². The van der Waals surface area contributed by atoms with E-state index in [1.165, 1.54) is 23.1 Å². The van der Waals surface area contributed by atoms with Crippen molar-refractivity contribution >= 4 is 23.5 Å². The van der Waals surface area contributed by atoms with E-state index in [9.17, 15) is 32.3 Å². The van der Waals surface area contributed by atoms with Gasteiger partial charge in [0, 0.05) is 37.1 Å². The highest BCUT2D eigenvalue weighted by Crippen LogP contribution is 2.51. The average Bonchev–Trinajstić information content (AvgIpc) is 3.34. The number of ether oxygens (including phenoxy) is 1. The number of aromatic nitrogens is 2. The number of aliphatic carboxylic acids is 1. The number of carboxylic acid groups (broad SMARTS) is 1. The van der Waals surface area contributed by atoms with Crippen LogP contribution in [0.1, 0.15) is 67.1 Å². The van der Waals surface area contributed by atoms with Crippen LogP contribution >= 0.6 is 0 Å². The molecule has 40 heavy (non-hydrogen) atoms. The molecule has 1 spiro atoms. The number of anilines is 2. The summed E-state index contributed by atoms with van der Waals surface area (Å²) in [6, 6.07) is 4.14. The van der Waals surface area contributed by atoms with Crippen molar-refractivity contribution in [3.8, 4) is 0 Å². The minimum absolute atomic E-state index is 0.0865. The third-order valence-electron chi connectivity index (χ3n) is 9.33. The van der Waals surface area contributed by atoms with Crippen molar-refractivity contribution in [3.05, 3.63) is 47.0 Å². The minimum atomic E-state index is -5.01. The highest BCUT2D eigenvalue weighted by molar-refractivity contribution is 5.99. The smallest absolute Gasteiger partial charge is 0.434 e. The molecule has 2 saturated carbocycles. The Labute approximate surface area is 228 Å². The van der Waals surface area contributed by atoms with E-state index in [0.717, 1.165) is 12.6 Å². The second-order valence-corrected chi connectivity index (χ2v) is 11.9. The van der Waals surface area contributed by atoms with Crippen LogP contribution in [-0.4, -0.2) is 52.2 Å². The van der Waals surface area contributed by atoms with Gasteiger partial charge in [0.05, 0.1) is 5.56 Å². The van der Waals surface area contributed by atoms with Gasteiger partial charge in [0.15, 0.2) is 5.69 Å². The van der Waals surface area contributed by atoms with E-state index >= 15 is 0 Å². The summed E-state index contributed by atoms with van der Waals surface area (Å²) in [5.41, 5.74) is -3.27. The van der Waals surface area contributed by atoms with Gasteiger partial charge in [-0.05, 0) is 80.0 Å². The highest BCUT2D eigenvalue weighted by atomic mass is 19.4. The van der Waals surface area contributed by atoms with Crippen LogP contribution in [0.3, 0.4) is 0 Å². The fraction of sp³-hybridized carbons (Fsp3) is 0.571. The topological polar surface area (TPSA) is 105 Å². The quantitative estimate of drug-likeness (QED) is 0.514. The number of amides is 1. The molecule has 12 heteroatoms. The standard InChI is InChI=1S/C28H30F4N4O4/c1-15-8-16-10-17(9-15)27(12-16,24(38)39)35-23(37)19-13-33-25(34-22(19)28(30,31)32)36-14-26(4-6-40-7-5-26)20-11-18(29)2-3-21(20)36/h2-3,11,13,15-17H,4-10,12,14H2,1H3,(H,35,37)(H,38,39). The van der Waals surface area contributed by atoms with Crippen LogP contribution in [0, 0.1) is 23.6 Å². The van der Waals surface area contributed by atoms with Crippen LogP contribution in [0.4, 0.5) is 29.2 Å². The summed E-state index contributed by atoms with van der Waals surface area (Å²) in [6.07, 6.45) is -0.888. The second kappa shape index (κ2) is 9.39. The summed E-state index contributed by atoms with van der Waals surface area (Å²) in [4.78, 5) is 35.3. The van der Waals surface area contributed by atoms with Gasteiger partial charge in [0.1, 0.15) is 11.4 Å². The summed E-state index contributed by atoms with van der Waals surface area (Å²) >= 11 is 0. The molecule has 1 amide bonds. The molecule has 2 aromatic rings. The van der Waals surface area contributed by atoms with Gasteiger partial charge in [-0.25, -0.2) is 19.2 Å². The van der Waals surface area contributed by atoms with E-state index in [2.05, 4.69) is 15.3 Å². The summed E-state index contributed by atoms with van der Waals surface area (Å²) in [7, 11) is 0. The fourth-order valence-corrected chi connectivity index (χ4v) is 7.57. The van der Waals surface area contributed by atoms with Gasteiger partial charge in [-0.2, -0.15) is 13.2 Å². The third kappa shape index (κ3) is 4.31. The first-order chi connectivity index (χ1) is 18.9. The van der Waals surface area contributed by atoms with Crippen molar-refractivity contribution in [3.63, 3.8) is 0 Å². The Balaban J connectivity index is 1.36. The summed E-state index contributed by atoms with van der Waals surface area (Å²) in [6.45, 7) is 3.12. The molecule has 2 aliphatic heterocycles.